The highest BCUT2D eigenvalue weighted by Gasteiger charge is 2.27. The Morgan fingerprint density at radius 2 is 1.63 bits per heavy atom. The molecule has 1 aliphatic carbocycles. The van der Waals surface area contributed by atoms with E-state index in [1.54, 1.807) is 0 Å². The number of carbonyl (C=O) groups is 4. The van der Waals surface area contributed by atoms with Gasteiger partial charge in [-0.15, -0.1) is 0 Å². The molecule has 0 heterocycles. The molecule has 7 heteroatoms. The molecule has 2 rings (SSSR count). The Morgan fingerprint density at radius 1 is 0.947 bits per heavy atom. The van der Waals surface area contributed by atoms with Gasteiger partial charge >= 0.3 is 0 Å². The summed E-state index contributed by atoms with van der Waals surface area (Å²) < 4.78 is 0. The Bertz CT molecular complexity index is 864. The number of rotatable bonds is 19. The predicted molar refractivity (Wildman–Crippen MR) is 147 cm³/mol. The Balaban J connectivity index is 2.05. The van der Waals surface area contributed by atoms with E-state index in [9.17, 15) is 24.3 Å². The summed E-state index contributed by atoms with van der Waals surface area (Å²) in [6, 6.07) is 9.03. The number of amides is 1. The summed E-state index contributed by atoms with van der Waals surface area (Å²) in [4.78, 5) is 48.1. The lowest BCUT2D eigenvalue weighted by molar-refractivity contribution is -0.127. The zero-order chi connectivity index (χ0) is 27.8. The van der Waals surface area contributed by atoms with Crippen molar-refractivity contribution in [3.63, 3.8) is 0 Å². The van der Waals surface area contributed by atoms with E-state index in [4.69, 9.17) is 5.11 Å². The maximum absolute atomic E-state index is 12.7. The van der Waals surface area contributed by atoms with Crippen molar-refractivity contribution in [2.75, 3.05) is 6.61 Å². The smallest absolute Gasteiger partial charge is 0.220 e. The van der Waals surface area contributed by atoms with E-state index < -0.39 is 24.5 Å². The first-order chi connectivity index (χ1) is 18.3. The maximum atomic E-state index is 12.7. The van der Waals surface area contributed by atoms with Gasteiger partial charge in [-0.2, -0.15) is 0 Å². The lowest BCUT2D eigenvalue weighted by Gasteiger charge is -2.28. The van der Waals surface area contributed by atoms with Crippen LogP contribution in [0, 0.1) is 11.8 Å². The minimum Gasteiger partial charge on any atom is -0.391 e. The van der Waals surface area contributed by atoms with Crippen molar-refractivity contribution in [2.45, 2.75) is 115 Å². The fourth-order valence-corrected chi connectivity index (χ4v) is 5.48. The van der Waals surface area contributed by atoms with Crippen LogP contribution >= 0.6 is 0 Å². The zero-order valence-corrected chi connectivity index (χ0v) is 23.0. The molecule has 7 nitrogen and oxygen atoms in total. The Labute approximate surface area is 227 Å². The second kappa shape index (κ2) is 18.0. The SMILES string of the molecule is CC(=O)CCC(=O)C[C@@H](CCCC1CCCCC1)C[C@H](O)[C@H](Cc1ccccc1)NC(=O)CCC(=O)CO. The van der Waals surface area contributed by atoms with E-state index in [1.165, 1.54) is 39.0 Å². The van der Waals surface area contributed by atoms with E-state index in [-0.39, 0.29) is 49.1 Å². The molecular formula is C31H47NO6. The molecule has 1 fully saturated rings. The van der Waals surface area contributed by atoms with Gasteiger partial charge in [-0.1, -0.05) is 75.3 Å². The Hall–Kier alpha value is -2.38. The second-order valence-electron chi connectivity index (χ2n) is 11.1. The number of hydrogen-bond acceptors (Lipinski definition) is 6. The van der Waals surface area contributed by atoms with Crippen LogP contribution in [0.4, 0.5) is 0 Å². The van der Waals surface area contributed by atoms with Crippen LogP contribution in [-0.4, -0.2) is 52.2 Å². The Kier molecular flexibility index (Phi) is 15.1. The van der Waals surface area contributed by atoms with Crippen molar-refractivity contribution < 1.29 is 29.4 Å². The molecule has 1 aromatic rings. The zero-order valence-electron chi connectivity index (χ0n) is 23.0. The van der Waals surface area contributed by atoms with Crippen LogP contribution in [0.3, 0.4) is 0 Å². The number of Topliss-reactive ketones (excluding diaryl/α,β-unsaturated/α-hetero) is 3. The fourth-order valence-electron chi connectivity index (χ4n) is 5.48. The first-order valence-corrected chi connectivity index (χ1v) is 14.4. The molecule has 0 unspecified atom stereocenters. The highest BCUT2D eigenvalue weighted by Crippen LogP contribution is 2.30. The molecular weight excluding hydrogens is 482 g/mol. The largest absolute Gasteiger partial charge is 0.391 e. The topological polar surface area (TPSA) is 121 Å². The second-order valence-corrected chi connectivity index (χ2v) is 11.1. The molecule has 0 aliphatic heterocycles. The summed E-state index contributed by atoms with van der Waals surface area (Å²) >= 11 is 0. The molecule has 3 atom stereocenters. The molecule has 0 aromatic heterocycles. The summed E-state index contributed by atoms with van der Waals surface area (Å²) in [5.41, 5.74) is 0.967. The highest BCUT2D eigenvalue weighted by atomic mass is 16.3. The van der Waals surface area contributed by atoms with Gasteiger partial charge in [0.1, 0.15) is 18.2 Å². The molecule has 38 heavy (non-hydrogen) atoms. The number of ketones is 3. The molecule has 0 radical (unpaired) electrons. The summed E-state index contributed by atoms with van der Waals surface area (Å²) in [6.45, 7) is 0.896. The monoisotopic (exact) mass is 529 g/mol. The molecule has 1 amide bonds. The summed E-state index contributed by atoms with van der Waals surface area (Å²) in [7, 11) is 0. The molecule has 3 N–H and O–H groups in total. The van der Waals surface area contributed by atoms with E-state index in [1.807, 2.05) is 30.3 Å². The lowest BCUT2D eigenvalue weighted by Crippen LogP contribution is -2.45. The van der Waals surface area contributed by atoms with Crippen molar-refractivity contribution in [2.24, 2.45) is 11.8 Å². The van der Waals surface area contributed by atoms with Gasteiger partial charge < -0.3 is 20.3 Å². The lowest BCUT2D eigenvalue weighted by atomic mass is 9.82. The minimum atomic E-state index is -0.868. The quantitative estimate of drug-likeness (QED) is 0.243. The van der Waals surface area contributed by atoms with Crippen molar-refractivity contribution in [3.8, 4) is 0 Å². The average molecular weight is 530 g/mol. The number of benzene rings is 1. The van der Waals surface area contributed by atoms with Crippen LogP contribution in [0.15, 0.2) is 30.3 Å². The first kappa shape index (κ1) is 31.8. The van der Waals surface area contributed by atoms with E-state index >= 15 is 0 Å². The van der Waals surface area contributed by atoms with E-state index in [2.05, 4.69) is 5.32 Å². The van der Waals surface area contributed by atoms with Crippen LogP contribution in [-0.2, 0) is 25.6 Å². The molecule has 1 aliphatic rings. The molecule has 0 spiro atoms. The minimum absolute atomic E-state index is 0.00227. The van der Waals surface area contributed by atoms with Crippen molar-refractivity contribution >= 4 is 23.3 Å². The fraction of sp³-hybridized carbons (Fsp3) is 0.677. The van der Waals surface area contributed by atoms with E-state index in [0.29, 0.717) is 19.3 Å². The van der Waals surface area contributed by atoms with Gasteiger partial charge in [-0.25, -0.2) is 0 Å². The standard InChI is InChI=1S/C31H47NO6/c1-23(34)15-16-27(35)19-26(14-8-13-24-9-4-2-5-10-24)21-30(37)29(20-25-11-6-3-7-12-25)32-31(38)18-17-28(36)22-33/h3,6-7,11-12,24,26,29-30,33,37H,2,4-5,8-10,13-22H2,1H3,(H,32,38)/t26-,29+,30+/m1/s1. The van der Waals surface area contributed by atoms with E-state index in [0.717, 1.165) is 30.7 Å². The maximum Gasteiger partial charge on any atom is 0.220 e. The predicted octanol–water partition coefficient (Wildman–Crippen LogP) is 4.50. The third-order valence-electron chi connectivity index (χ3n) is 7.71. The van der Waals surface area contributed by atoms with Crippen LogP contribution in [0.5, 0.6) is 0 Å². The van der Waals surface area contributed by atoms with Gasteiger partial charge in [-0.3, -0.25) is 14.4 Å². The van der Waals surface area contributed by atoms with Crippen molar-refractivity contribution in [1.29, 1.82) is 0 Å². The van der Waals surface area contributed by atoms with Crippen molar-refractivity contribution in [3.05, 3.63) is 35.9 Å². The number of hydrogen-bond donors (Lipinski definition) is 3. The molecule has 1 aromatic carbocycles. The molecule has 0 saturated heterocycles. The average Bonchev–Trinajstić information content (AvgIpc) is 2.91. The summed E-state index contributed by atoms with van der Waals surface area (Å²) in [5.74, 6) is 0.00744. The summed E-state index contributed by atoms with van der Waals surface area (Å²) in [5, 5.41) is 23.1. The molecule has 1 saturated carbocycles. The number of aliphatic hydroxyl groups excluding tert-OH is 2. The Morgan fingerprint density at radius 3 is 2.29 bits per heavy atom. The van der Waals surface area contributed by atoms with Gasteiger partial charge in [0.15, 0.2) is 5.78 Å². The van der Waals surface area contributed by atoms with Crippen LogP contribution in [0.2, 0.25) is 0 Å². The summed E-state index contributed by atoms with van der Waals surface area (Å²) in [6.07, 6.45) is 10.1. The van der Waals surface area contributed by atoms with Crippen molar-refractivity contribution in [1.82, 2.24) is 5.32 Å². The number of carbonyl (C=O) groups excluding carboxylic acids is 4. The van der Waals surface area contributed by atoms with Gasteiger partial charge in [0, 0.05) is 32.1 Å². The number of aliphatic hydroxyl groups is 2. The van der Waals surface area contributed by atoms with Gasteiger partial charge in [-0.05, 0) is 43.6 Å². The highest BCUT2D eigenvalue weighted by molar-refractivity contribution is 5.86. The third kappa shape index (κ3) is 13.4. The van der Waals surface area contributed by atoms with Gasteiger partial charge in [0.25, 0.3) is 0 Å². The van der Waals surface area contributed by atoms with Crippen LogP contribution < -0.4 is 5.32 Å². The van der Waals surface area contributed by atoms with Gasteiger partial charge in [0.2, 0.25) is 5.91 Å². The van der Waals surface area contributed by atoms with Crippen LogP contribution in [0.1, 0.15) is 102 Å². The van der Waals surface area contributed by atoms with Gasteiger partial charge in [0.05, 0.1) is 12.1 Å². The molecule has 212 valence electrons. The van der Waals surface area contributed by atoms with Crippen LogP contribution in [0.25, 0.3) is 0 Å². The molecule has 0 bridgehead atoms. The first-order valence-electron chi connectivity index (χ1n) is 14.4. The third-order valence-corrected chi connectivity index (χ3v) is 7.71. The normalized spacial score (nSPS) is 16.4. The number of nitrogens with one attached hydrogen (secondary N) is 1.